The van der Waals surface area contributed by atoms with Gasteiger partial charge in [-0.15, -0.1) is 11.6 Å². The zero-order chi connectivity index (χ0) is 12.1. The maximum absolute atomic E-state index is 11.9. The highest BCUT2D eigenvalue weighted by Gasteiger charge is 2.27. The molecule has 0 bridgehead atoms. The Morgan fingerprint density at radius 3 is 2.19 bits per heavy atom. The molecule has 16 heavy (non-hydrogen) atoms. The van der Waals surface area contributed by atoms with E-state index in [2.05, 4.69) is 0 Å². The number of carbonyl (C=O) groups is 2. The van der Waals surface area contributed by atoms with Crippen molar-refractivity contribution in [3.63, 3.8) is 0 Å². The van der Waals surface area contributed by atoms with Crippen LogP contribution >= 0.6 is 11.6 Å². The molecule has 5 heteroatoms. The first kappa shape index (κ1) is 13.1. The van der Waals surface area contributed by atoms with Crippen molar-refractivity contribution in [2.45, 2.75) is 0 Å². The van der Waals surface area contributed by atoms with Gasteiger partial charge in [-0.25, -0.2) is 0 Å². The third-order valence-corrected chi connectivity index (χ3v) is 2.54. The number of allylic oxidation sites excluding steroid dienone is 2. The van der Waals surface area contributed by atoms with Crippen LogP contribution in [0.2, 0.25) is 0 Å². The Balaban J connectivity index is 3.10. The Morgan fingerprint density at radius 1 is 1.12 bits per heavy atom. The fraction of sp³-hybridized carbons (Fsp3) is 0.455. The number of hydrogen-bond donors (Lipinski definition) is 0. The Bertz CT molecular complexity index is 368. The SMILES string of the molecule is COCC1=C(COC)C(=O)C(CCl)=CC1=O. The summed E-state index contributed by atoms with van der Waals surface area (Å²) < 4.78 is 9.81. The highest BCUT2D eigenvalue weighted by atomic mass is 35.5. The lowest BCUT2D eigenvalue weighted by Gasteiger charge is -2.17. The minimum Gasteiger partial charge on any atom is -0.380 e. The highest BCUT2D eigenvalue weighted by molar-refractivity contribution is 6.29. The Morgan fingerprint density at radius 2 is 1.69 bits per heavy atom. The summed E-state index contributed by atoms with van der Waals surface area (Å²) in [7, 11) is 2.93. The molecular weight excluding hydrogens is 232 g/mol. The van der Waals surface area contributed by atoms with Gasteiger partial charge in [0, 0.05) is 30.9 Å². The van der Waals surface area contributed by atoms with Gasteiger partial charge in [-0.1, -0.05) is 0 Å². The first-order valence-corrected chi connectivity index (χ1v) is 5.24. The van der Waals surface area contributed by atoms with Gasteiger partial charge >= 0.3 is 0 Å². The molecule has 0 aromatic heterocycles. The molecule has 0 aromatic carbocycles. The maximum atomic E-state index is 11.9. The van der Waals surface area contributed by atoms with Crippen LogP contribution in [0.4, 0.5) is 0 Å². The maximum Gasteiger partial charge on any atom is 0.189 e. The molecule has 0 amide bonds. The monoisotopic (exact) mass is 244 g/mol. The molecule has 88 valence electrons. The molecule has 0 saturated carbocycles. The minimum absolute atomic E-state index is 0.0258. The predicted octanol–water partition coefficient (Wildman–Crippen LogP) is 0.893. The largest absolute Gasteiger partial charge is 0.380 e. The number of alkyl halides is 1. The molecule has 0 radical (unpaired) electrons. The smallest absolute Gasteiger partial charge is 0.189 e. The van der Waals surface area contributed by atoms with E-state index in [-0.39, 0.29) is 30.7 Å². The van der Waals surface area contributed by atoms with E-state index < -0.39 is 0 Å². The van der Waals surface area contributed by atoms with Crippen LogP contribution in [0.15, 0.2) is 22.8 Å². The molecule has 0 aromatic rings. The number of halogens is 1. The van der Waals surface area contributed by atoms with E-state index in [1.165, 1.54) is 20.3 Å². The van der Waals surface area contributed by atoms with Crippen LogP contribution in [0.5, 0.6) is 0 Å². The van der Waals surface area contributed by atoms with Crippen LogP contribution in [0.3, 0.4) is 0 Å². The summed E-state index contributed by atoms with van der Waals surface area (Å²) in [6.45, 7) is 0.201. The molecule has 0 fully saturated rings. The number of ether oxygens (including phenoxy) is 2. The molecule has 0 unspecified atom stereocenters. The number of rotatable bonds is 5. The van der Waals surface area contributed by atoms with Crippen molar-refractivity contribution in [3.05, 3.63) is 22.8 Å². The first-order valence-electron chi connectivity index (χ1n) is 4.71. The normalized spacial score (nSPS) is 16.8. The number of hydrogen-bond acceptors (Lipinski definition) is 4. The average molecular weight is 245 g/mol. The molecular formula is C11H13ClO4. The molecule has 1 aliphatic carbocycles. The summed E-state index contributed by atoms with van der Waals surface area (Å²) >= 11 is 5.59. The molecule has 0 saturated heterocycles. The van der Waals surface area contributed by atoms with E-state index in [1.54, 1.807) is 0 Å². The molecule has 1 rings (SSSR count). The van der Waals surface area contributed by atoms with E-state index in [9.17, 15) is 9.59 Å². The van der Waals surface area contributed by atoms with Crippen LogP contribution < -0.4 is 0 Å². The Kier molecular flexibility index (Phi) is 4.86. The van der Waals surface area contributed by atoms with Gasteiger partial charge in [0.15, 0.2) is 11.6 Å². The molecule has 0 aliphatic heterocycles. The summed E-state index contributed by atoms with van der Waals surface area (Å²) in [4.78, 5) is 23.6. The van der Waals surface area contributed by atoms with E-state index in [1.807, 2.05) is 0 Å². The summed E-state index contributed by atoms with van der Waals surface area (Å²) in [6.07, 6.45) is 1.27. The standard InChI is InChI=1S/C11H13ClO4/c1-15-5-8-9(6-16-2)11(14)7(4-12)3-10(8)13/h3H,4-6H2,1-2H3. The van der Waals surface area contributed by atoms with Crippen LogP contribution in [0, 0.1) is 0 Å². The topological polar surface area (TPSA) is 52.6 Å². The lowest BCUT2D eigenvalue weighted by molar-refractivity contribution is -0.116. The van der Waals surface area contributed by atoms with Gasteiger partial charge in [-0.3, -0.25) is 9.59 Å². The van der Waals surface area contributed by atoms with E-state index in [0.717, 1.165) is 0 Å². The minimum atomic E-state index is -0.233. The molecule has 0 spiro atoms. The van der Waals surface area contributed by atoms with Crippen LogP contribution in [-0.2, 0) is 19.1 Å². The third-order valence-electron chi connectivity index (χ3n) is 2.25. The van der Waals surface area contributed by atoms with Crippen molar-refractivity contribution in [1.29, 1.82) is 0 Å². The second-order valence-electron chi connectivity index (χ2n) is 3.32. The lowest BCUT2D eigenvalue weighted by atomic mass is 9.91. The zero-order valence-corrected chi connectivity index (χ0v) is 9.97. The summed E-state index contributed by atoms with van der Waals surface area (Å²) in [5.74, 6) is -0.439. The molecule has 0 N–H and O–H groups in total. The van der Waals surface area contributed by atoms with Crippen molar-refractivity contribution in [2.24, 2.45) is 0 Å². The summed E-state index contributed by atoms with van der Waals surface area (Å²) in [5.41, 5.74) is 0.995. The molecule has 0 atom stereocenters. The van der Waals surface area contributed by atoms with Crippen molar-refractivity contribution in [1.82, 2.24) is 0 Å². The van der Waals surface area contributed by atoms with E-state index in [0.29, 0.717) is 16.7 Å². The fourth-order valence-corrected chi connectivity index (χ4v) is 1.69. The molecule has 4 nitrogen and oxygen atoms in total. The predicted molar refractivity (Wildman–Crippen MR) is 59.6 cm³/mol. The summed E-state index contributed by atoms with van der Waals surface area (Å²) in [5, 5.41) is 0. The van der Waals surface area contributed by atoms with E-state index in [4.69, 9.17) is 21.1 Å². The third kappa shape index (κ3) is 2.58. The quantitative estimate of drug-likeness (QED) is 0.533. The number of carbonyl (C=O) groups excluding carboxylic acids is 2. The Labute approximate surface area is 98.9 Å². The first-order chi connectivity index (χ1) is 7.65. The zero-order valence-electron chi connectivity index (χ0n) is 9.21. The number of methoxy groups -OCH3 is 2. The van der Waals surface area contributed by atoms with Crippen molar-refractivity contribution in [2.75, 3.05) is 33.3 Å². The fourth-order valence-electron chi connectivity index (χ4n) is 1.49. The van der Waals surface area contributed by atoms with Crippen molar-refractivity contribution < 1.29 is 19.1 Å². The number of Topliss-reactive ketones (excluding diaryl/α,β-unsaturated/α-hetero) is 1. The Hall–Kier alpha value is -0.970. The van der Waals surface area contributed by atoms with Gasteiger partial charge in [-0.05, 0) is 6.08 Å². The second-order valence-corrected chi connectivity index (χ2v) is 3.59. The van der Waals surface area contributed by atoms with Crippen LogP contribution in [-0.4, -0.2) is 44.9 Å². The molecule has 1 aliphatic rings. The van der Waals surface area contributed by atoms with Gasteiger partial charge in [0.25, 0.3) is 0 Å². The average Bonchev–Trinajstić information content (AvgIpc) is 2.28. The van der Waals surface area contributed by atoms with Crippen molar-refractivity contribution in [3.8, 4) is 0 Å². The van der Waals surface area contributed by atoms with Crippen molar-refractivity contribution >= 4 is 23.2 Å². The van der Waals surface area contributed by atoms with Gasteiger partial charge < -0.3 is 9.47 Å². The number of ketones is 2. The van der Waals surface area contributed by atoms with Crippen LogP contribution in [0.1, 0.15) is 0 Å². The van der Waals surface area contributed by atoms with E-state index >= 15 is 0 Å². The lowest BCUT2D eigenvalue weighted by Crippen LogP contribution is -2.25. The van der Waals surface area contributed by atoms with Gasteiger partial charge in [0.1, 0.15) is 0 Å². The van der Waals surface area contributed by atoms with Crippen LogP contribution in [0.25, 0.3) is 0 Å². The summed E-state index contributed by atoms with van der Waals surface area (Å²) in [6, 6.07) is 0. The van der Waals surface area contributed by atoms with Gasteiger partial charge in [-0.2, -0.15) is 0 Å². The highest BCUT2D eigenvalue weighted by Crippen LogP contribution is 2.20. The molecule has 0 heterocycles. The second kappa shape index (κ2) is 5.94. The van der Waals surface area contributed by atoms with Gasteiger partial charge in [0.05, 0.1) is 19.1 Å². The van der Waals surface area contributed by atoms with Gasteiger partial charge in [0.2, 0.25) is 0 Å².